The first-order chi connectivity index (χ1) is 11.0. The first-order valence-corrected chi connectivity index (χ1v) is 7.04. The van der Waals surface area contributed by atoms with Crippen LogP contribution in [0.3, 0.4) is 0 Å². The lowest BCUT2D eigenvalue weighted by molar-refractivity contribution is 0.387. The molecule has 0 atom stereocenters. The van der Waals surface area contributed by atoms with Gasteiger partial charge in [-0.15, -0.1) is 0 Å². The molecule has 1 aromatic heterocycles. The van der Waals surface area contributed by atoms with Gasteiger partial charge in [0.2, 0.25) is 0 Å². The highest BCUT2D eigenvalue weighted by atomic mass is 35.5. The number of aromatic nitrogens is 2. The van der Waals surface area contributed by atoms with E-state index < -0.39 is 17.2 Å². The molecule has 4 nitrogen and oxygen atoms in total. The Morgan fingerprint density at radius 1 is 1.22 bits per heavy atom. The molecule has 0 aliphatic carbocycles. The first-order valence-electron chi connectivity index (χ1n) is 6.66. The number of halogens is 3. The lowest BCUT2D eigenvalue weighted by Crippen LogP contribution is -2.13. The van der Waals surface area contributed by atoms with Crippen molar-refractivity contribution in [3.05, 3.63) is 69.2 Å². The molecule has 0 unspecified atom stereocenters. The molecule has 1 heterocycles. The van der Waals surface area contributed by atoms with Crippen molar-refractivity contribution in [1.29, 1.82) is 0 Å². The molecule has 0 saturated carbocycles. The molecule has 3 aromatic rings. The fraction of sp³-hybridized carbons (Fsp3) is 0.125. The van der Waals surface area contributed by atoms with Crippen LogP contribution in [0.4, 0.5) is 8.78 Å². The fourth-order valence-electron chi connectivity index (χ4n) is 2.32. The van der Waals surface area contributed by atoms with Crippen LogP contribution in [0.25, 0.3) is 10.9 Å². The third kappa shape index (κ3) is 2.90. The van der Waals surface area contributed by atoms with Crippen LogP contribution < -0.4 is 10.3 Å². The highest BCUT2D eigenvalue weighted by Gasteiger charge is 2.11. The van der Waals surface area contributed by atoms with Crippen LogP contribution in [-0.4, -0.2) is 16.7 Å². The van der Waals surface area contributed by atoms with Gasteiger partial charge in [-0.05, 0) is 23.8 Å². The van der Waals surface area contributed by atoms with E-state index in [0.717, 1.165) is 0 Å². The van der Waals surface area contributed by atoms with Crippen molar-refractivity contribution in [3.8, 4) is 5.75 Å². The minimum atomic E-state index is -0.596. The van der Waals surface area contributed by atoms with Gasteiger partial charge < -0.3 is 9.30 Å². The van der Waals surface area contributed by atoms with Crippen LogP contribution in [-0.2, 0) is 6.54 Å². The predicted molar refractivity (Wildman–Crippen MR) is 83.0 cm³/mol. The number of nitrogens with zero attached hydrogens (tertiary/aromatic N) is 2. The van der Waals surface area contributed by atoms with E-state index in [0.29, 0.717) is 11.1 Å². The Balaban J connectivity index is 2.14. The smallest absolute Gasteiger partial charge is 0.280 e. The SMILES string of the molecule is COc1cc2c(=O)ncn(Cc3ccc(Cl)c(F)c3)c2cc1F. The van der Waals surface area contributed by atoms with E-state index in [1.54, 1.807) is 10.6 Å². The van der Waals surface area contributed by atoms with Crippen LogP contribution in [0, 0.1) is 11.6 Å². The Morgan fingerprint density at radius 3 is 2.70 bits per heavy atom. The van der Waals surface area contributed by atoms with Gasteiger partial charge in [-0.3, -0.25) is 4.79 Å². The fourth-order valence-corrected chi connectivity index (χ4v) is 2.44. The summed E-state index contributed by atoms with van der Waals surface area (Å²) in [4.78, 5) is 15.6. The maximum Gasteiger partial charge on any atom is 0.280 e. The van der Waals surface area contributed by atoms with Crippen molar-refractivity contribution >= 4 is 22.5 Å². The molecular weight excluding hydrogens is 326 g/mol. The topological polar surface area (TPSA) is 44.1 Å². The molecule has 118 valence electrons. The zero-order valence-corrected chi connectivity index (χ0v) is 12.8. The van der Waals surface area contributed by atoms with Crippen LogP contribution in [0.1, 0.15) is 5.56 Å². The minimum Gasteiger partial charge on any atom is -0.494 e. The Morgan fingerprint density at radius 2 is 2.00 bits per heavy atom. The number of fused-ring (bicyclic) bond motifs is 1. The average molecular weight is 337 g/mol. The van der Waals surface area contributed by atoms with Crippen molar-refractivity contribution in [3.63, 3.8) is 0 Å². The molecule has 7 heteroatoms. The summed E-state index contributed by atoms with van der Waals surface area (Å²) >= 11 is 5.65. The first kappa shape index (κ1) is 15.4. The number of benzene rings is 2. The Labute approximate surface area is 134 Å². The number of hydrogen-bond donors (Lipinski definition) is 0. The van der Waals surface area contributed by atoms with Crippen molar-refractivity contribution in [2.24, 2.45) is 0 Å². The zero-order chi connectivity index (χ0) is 16.6. The van der Waals surface area contributed by atoms with Gasteiger partial charge in [0.1, 0.15) is 5.82 Å². The summed E-state index contributed by atoms with van der Waals surface area (Å²) in [5.74, 6) is -1.18. The highest BCUT2D eigenvalue weighted by Crippen LogP contribution is 2.23. The molecular formula is C16H11ClF2N2O2. The van der Waals surface area contributed by atoms with Gasteiger partial charge in [-0.1, -0.05) is 17.7 Å². The van der Waals surface area contributed by atoms with Crippen LogP contribution in [0.2, 0.25) is 5.02 Å². The van der Waals surface area contributed by atoms with Gasteiger partial charge >= 0.3 is 0 Å². The molecule has 0 aliphatic rings. The summed E-state index contributed by atoms with van der Waals surface area (Å²) < 4.78 is 33.9. The van der Waals surface area contributed by atoms with Crippen molar-refractivity contribution in [2.45, 2.75) is 6.54 Å². The van der Waals surface area contributed by atoms with E-state index in [2.05, 4.69) is 4.98 Å². The Kier molecular flexibility index (Phi) is 4.00. The molecule has 0 spiro atoms. The average Bonchev–Trinajstić information content (AvgIpc) is 2.53. The molecule has 0 fully saturated rings. The summed E-state index contributed by atoms with van der Waals surface area (Å²) in [6.45, 7) is 0.212. The third-order valence-electron chi connectivity index (χ3n) is 3.46. The van der Waals surface area contributed by atoms with Crippen molar-refractivity contribution in [1.82, 2.24) is 9.55 Å². The van der Waals surface area contributed by atoms with Gasteiger partial charge in [0, 0.05) is 12.6 Å². The molecule has 23 heavy (non-hydrogen) atoms. The van der Waals surface area contributed by atoms with Crippen LogP contribution >= 0.6 is 11.6 Å². The second-order valence-corrected chi connectivity index (χ2v) is 5.34. The van der Waals surface area contributed by atoms with Crippen LogP contribution in [0.15, 0.2) is 41.5 Å². The Hall–Kier alpha value is -2.47. The summed E-state index contributed by atoms with van der Waals surface area (Å²) in [7, 11) is 1.32. The molecule has 0 saturated heterocycles. The van der Waals surface area contributed by atoms with E-state index in [1.807, 2.05) is 0 Å². The number of hydrogen-bond acceptors (Lipinski definition) is 3. The molecule has 2 aromatic carbocycles. The summed E-state index contributed by atoms with van der Waals surface area (Å²) in [6, 6.07) is 6.87. The maximum atomic E-state index is 13.9. The van der Waals surface area contributed by atoms with Crippen LogP contribution in [0.5, 0.6) is 5.75 Å². The van der Waals surface area contributed by atoms with E-state index in [1.165, 1.54) is 37.7 Å². The molecule has 0 amide bonds. The van der Waals surface area contributed by atoms with Gasteiger partial charge in [0.05, 0.1) is 29.4 Å². The van der Waals surface area contributed by atoms with E-state index >= 15 is 0 Å². The second-order valence-electron chi connectivity index (χ2n) is 4.93. The van der Waals surface area contributed by atoms with Gasteiger partial charge in [-0.2, -0.15) is 4.98 Å². The summed E-state index contributed by atoms with van der Waals surface area (Å²) in [5, 5.41) is 0.243. The number of methoxy groups -OCH3 is 1. The predicted octanol–water partition coefficient (Wildman–Crippen LogP) is 3.39. The monoisotopic (exact) mass is 336 g/mol. The second kappa shape index (κ2) is 5.96. The van der Waals surface area contributed by atoms with E-state index in [4.69, 9.17) is 16.3 Å². The van der Waals surface area contributed by atoms with Gasteiger partial charge in [-0.25, -0.2) is 8.78 Å². The van der Waals surface area contributed by atoms with Gasteiger partial charge in [0.15, 0.2) is 11.6 Å². The Bertz CT molecular complexity index is 957. The summed E-state index contributed by atoms with van der Waals surface area (Å²) in [5.41, 5.74) is 0.463. The normalized spacial score (nSPS) is 11.0. The molecule has 3 rings (SSSR count). The quantitative estimate of drug-likeness (QED) is 0.736. The zero-order valence-electron chi connectivity index (χ0n) is 12.0. The standard InChI is InChI=1S/C16H11ClF2N2O2/c1-23-15-5-10-14(6-13(15)19)21(8-20-16(10)22)7-9-2-3-11(17)12(18)4-9/h2-6,8H,7H2,1H3. The molecule has 0 aliphatic heterocycles. The molecule has 0 radical (unpaired) electrons. The minimum absolute atomic E-state index is 0.0208. The van der Waals surface area contributed by atoms with Crippen molar-refractivity contribution in [2.75, 3.05) is 7.11 Å². The lowest BCUT2D eigenvalue weighted by Gasteiger charge is -2.12. The lowest BCUT2D eigenvalue weighted by atomic mass is 10.2. The van der Waals surface area contributed by atoms with E-state index in [9.17, 15) is 13.6 Å². The largest absolute Gasteiger partial charge is 0.494 e. The third-order valence-corrected chi connectivity index (χ3v) is 3.77. The van der Waals surface area contributed by atoms with E-state index in [-0.39, 0.29) is 22.7 Å². The van der Waals surface area contributed by atoms with Crippen molar-refractivity contribution < 1.29 is 13.5 Å². The number of ether oxygens (including phenoxy) is 1. The highest BCUT2D eigenvalue weighted by molar-refractivity contribution is 6.30. The maximum absolute atomic E-state index is 13.9. The molecule has 0 bridgehead atoms. The number of rotatable bonds is 3. The van der Waals surface area contributed by atoms with Gasteiger partial charge in [0.25, 0.3) is 5.56 Å². The molecule has 0 N–H and O–H groups in total. The summed E-state index contributed by atoms with van der Waals surface area (Å²) in [6.07, 6.45) is 1.29.